The van der Waals surface area contributed by atoms with E-state index in [1.807, 2.05) is 12.2 Å². The molecule has 0 radical (unpaired) electrons. The number of hydrogen-bond donors (Lipinski definition) is 2. The van der Waals surface area contributed by atoms with Gasteiger partial charge >= 0.3 is 0 Å². The number of ether oxygens (including phenoxy) is 2. The maximum Gasteiger partial charge on any atom is 0.164 e. The molecule has 1 saturated heterocycles. The Labute approximate surface area is 89.5 Å². The van der Waals surface area contributed by atoms with E-state index >= 15 is 0 Å². The molecule has 0 aromatic rings. The van der Waals surface area contributed by atoms with E-state index in [0.717, 1.165) is 0 Å². The first-order valence-corrected chi connectivity index (χ1v) is 5.36. The molecular formula is C11H18O4. The van der Waals surface area contributed by atoms with Crippen LogP contribution in [0.4, 0.5) is 0 Å². The Balaban J connectivity index is 2.19. The second-order valence-electron chi connectivity index (χ2n) is 4.64. The second-order valence-corrected chi connectivity index (χ2v) is 4.64. The van der Waals surface area contributed by atoms with Gasteiger partial charge in [0.05, 0.1) is 12.2 Å². The Morgan fingerprint density at radius 2 is 1.40 bits per heavy atom. The summed E-state index contributed by atoms with van der Waals surface area (Å²) in [6.07, 6.45) is 2.77. The first-order chi connectivity index (χ1) is 6.99. The number of aliphatic hydroxyl groups excluding tert-OH is 2. The van der Waals surface area contributed by atoms with Gasteiger partial charge in [0.25, 0.3) is 0 Å². The van der Waals surface area contributed by atoms with E-state index < -0.39 is 30.2 Å². The Morgan fingerprint density at radius 3 is 1.80 bits per heavy atom. The summed E-state index contributed by atoms with van der Waals surface area (Å²) in [5.74, 6) is -0.721. The molecule has 2 rings (SSSR count). The van der Waals surface area contributed by atoms with Crippen molar-refractivity contribution in [3.8, 4) is 0 Å². The van der Waals surface area contributed by atoms with Gasteiger partial charge in [-0.2, -0.15) is 0 Å². The molecule has 86 valence electrons. The van der Waals surface area contributed by atoms with Crippen LogP contribution in [0.25, 0.3) is 0 Å². The predicted molar refractivity (Wildman–Crippen MR) is 54.2 cm³/mol. The molecule has 0 spiro atoms. The third kappa shape index (κ3) is 2.23. The summed E-state index contributed by atoms with van der Waals surface area (Å²) in [5, 5.41) is 19.7. The van der Waals surface area contributed by atoms with E-state index in [4.69, 9.17) is 9.47 Å². The van der Waals surface area contributed by atoms with Crippen LogP contribution in [0.1, 0.15) is 26.7 Å². The van der Waals surface area contributed by atoms with Gasteiger partial charge in [-0.15, -0.1) is 0 Å². The lowest BCUT2D eigenvalue weighted by Gasteiger charge is -2.26. The van der Waals surface area contributed by atoms with Gasteiger partial charge in [-0.25, -0.2) is 0 Å². The largest absolute Gasteiger partial charge is 0.390 e. The van der Waals surface area contributed by atoms with Crippen LogP contribution in [0.2, 0.25) is 0 Å². The maximum absolute atomic E-state index is 9.87. The number of aliphatic hydroxyl groups is 2. The van der Waals surface area contributed by atoms with Gasteiger partial charge in [0, 0.05) is 0 Å². The van der Waals surface area contributed by atoms with E-state index in [1.165, 1.54) is 0 Å². The lowest BCUT2D eigenvalue weighted by atomic mass is 9.96. The molecule has 4 atom stereocenters. The van der Waals surface area contributed by atoms with Crippen molar-refractivity contribution >= 4 is 0 Å². The summed E-state index contributed by atoms with van der Waals surface area (Å²) in [7, 11) is 0. The van der Waals surface area contributed by atoms with E-state index in [1.54, 1.807) is 13.8 Å². The van der Waals surface area contributed by atoms with Gasteiger partial charge in [0.15, 0.2) is 5.79 Å². The molecule has 1 fully saturated rings. The zero-order valence-corrected chi connectivity index (χ0v) is 9.09. The molecule has 0 saturated carbocycles. The number of hydrogen-bond acceptors (Lipinski definition) is 4. The van der Waals surface area contributed by atoms with Crippen LogP contribution < -0.4 is 0 Å². The normalized spacial score (nSPS) is 46.7. The van der Waals surface area contributed by atoms with Crippen LogP contribution in [-0.2, 0) is 9.47 Å². The molecule has 0 amide bonds. The van der Waals surface area contributed by atoms with Gasteiger partial charge < -0.3 is 19.7 Å². The van der Waals surface area contributed by atoms with Crippen molar-refractivity contribution in [1.82, 2.24) is 0 Å². The molecule has 0 unspecified atom stereocenters. The Hall–Kier alpha value is -0.420. The van der Waals surface area contributed by atoms with Crippen molar-refractivity contribution in [1.29, 1.82) is 0 Å². The van der Waals surface area contributed by atoms with Crippen molar-refractivity contribution in [2.24, 2.45) is 0 Å². The first-order valence-electron chi connectivity index (χ1n) is 5.36. The van der Waals surface area contributed by atoms with Gasteiger partial charge in [0.1, 0.15) is 12.2 Å². The number of rotatable bonds is 0. The van der Waals surface area contributed by atoms with E-state index in [0.29, 0.717) is 12.8 Å². The second kappa shape index (κ2) is 3.87. The zero-order valence-electron chi connectivity index (χ0n) is 9.09. The molecule has 2 aliphatic rings. The standard InChI is InChI=1S/C11H18O4/c1-11(2)14-9-7(12)5-3-4-6-8(13)10(9)15-11/h3-4,7-10,12-13H,5-6H2,1-2H3/b4-3-/t7-,8-,9-,10-/m0/s1. The predicted octanol–water partition coefficient (Wildman–Crippen LogP) is 0.578. The Morgan fingerprint density at radius 1 is 1.00 bits per heavy atom. The molecule has 2 N–H and O–H groups in total. The van der Waals surface area contributed by atoms with Crippen LogP contribution in [-0.4, -0.2) is 40.4 Å². The van der Waals surface area contributed by atoms with Crippen LogP contribution >= 0.6 is 0 Å². The van der Waals surface area contributed by atoms with E-state index in [2.05, 4.69) is 0 Å². The smallest absolute Gasteiger partial charge is 0.164 e. The molecule has 0 bridgehead atoms. The quantitative estimate of drug-likeness (QED) is 0.579. The fourth-order valence-electron chi connectivity index (χ4n) is 2.15. The van der Waals surface area contributed by atoms with Crippen molar-refractivity contribution in [2.45, 2.75) is 56.9 Å². The average Bonchev–Trinajstić information content (AvgIpc) is 2.47. The third-order valence-electron chi connectivity index (χ3n) is 2.84. The molecule has 1 aliphatic heterocycles. The lowest BCUT2D eigenvalue weighted by molar-refractivity contribution is -0.160. The highest BCUT2D eigenvalue weighted by molar-refractivity contribution is 4.99. The average molecular weight is 214 g/mol. The van der Waals surface area contributed by atoms with Gasteiger partial charge in [0.2, 0.25) is 0 Å². The third-order valence-corrected chi connectivity index (χ3v) is 2.84. The Kier molecular flexibility index (Phi) is 2.85. The van der Waals surface area contributed by atoms with Crippen molar-refractivity contribution in [3.05, 3.63) is 12.2 Å². The summed E-state index contributed by atoms with van der Waals surface area (Å²) in [6.45, 7) is 3.59. The molecular weight excluding hydrogens is 196 g/mol. The SMILES string of the molecule is CC1(C)O[C@@H]2[C@@H](O1)[C@@H](O)C/C=C\C[C@@H]2O. The maximum atomic E-state index is 9.87. The summed E-state index contributed by atoms with van der Waals surface area (Å²) < 4.78 is 11.2. The number of fused-ring (bicyclic) bond motifs is 1. The van der Waals surface area contributed by atoms with E-state index in [-0.39, 0.29) is 0 Å². The fourth-order valence-corrected chi connectivity index (χ4v) is 2.15. The molecule has 1 aliphatic carbocycles. The van der Waals surface area contributed by atoms with Crippen molar-refractivity contribution in [3.63, 3.8) is 0 Å². The molecule has 0 aromatic heterocycles. The molecule has 0 aromatic carbocycles. The summed E-state index contributed by atoms with van der Waals surface area (Å²) in [5.41, 5.74) is 0. The van der Waals surface area contributed by atoms with Gasteiger partial charge in [-0.1, -0.05) is 12.2 Å². The van der Waals surface area contributed by atoms with Crippen LogP contribution in [0, 0.1) is 0 Å². The topological polar surface area (TPSA) is 58.9 Å². The minimum atomic E-state index is -0.721. The molecule has 15 heavy (non-hydrogen) atoms. The fraction of sp³-hybridized carbons (Fsp3) is 0.818. The van der Waals surface area contributed by atoms with Crippen molar-refractivity contribution in [2.75, 3.05) is 0 Å². The highest BCUT2D eigenvalue weighted by atomic mass is 16.8. The minimum Gasteiger partial charge on any atom is -0.390 e. The first kappa shape index (κ1) is 11.1. The van der Waals surface area contributed by atoms with E-state index in [9.17, 15) is 10.2 Å². The highest BCUT2D eigenvalue weighted by Crippen LogP contribution is 2.34. The summed E-state index contributed by atoms with van der Waals surface area (Å²) in [6, 6.07) is 0. The minimum absolute atomic E-state index is 0.431. The Bertz CT molecular complexity index is 237. The monoisotopic (exact) mass is 214 g/mol. The zero-order chi connectivity index (χ0) is 11.1. The lowest BCUT2D eigenvalue weighted by Crippen LogP contribution is -2.42. The van der Waals surface area contributed by atoms with Crippen LogP contribution in [0.15, 0.2) is 12.2 Å². The van der Waals surface area contributed by atoms with Crippen LogP contribution in [0.5, 0.6) is 0 Å². The van der Waals surface area contributed by atoms with Crippen LogP contribution in [0.3, 0.4) is 0 Å². The molecule has 4 nitrogen and oxygen atoms in total. The van der Waals surface area contributed by atoms with Crippen molar-refractivity contribution < 1.29 is 19.7 Å². The summed E-state index contributed by atoms with van der Waals surface area (Å²) in [4.78, 5) is 0. The van der Waals surface area contributed by atoms with Gasteiger partial charge in [-0.3, -0.25) is 0 Å². The van der Waals surface area contributed by atoms with Gasteiger partial charge in [-0.05, 0) is 26.7 Å². The molecule has 4 heteroatoms. The summed E-state index contributed by atoms with van der Waals surface area (Å²) >= 11 is 0. The molecule has 1 heterocycles. The highest BCUT2D eigenvalue weighted by Gasteiger charge is 2.47.